The van der Waals surface area contributed by atoms with Gasteiger partial charge in [-0.3, -0.25) is 4.79 Å². The fraction of sp³-hybridized carbons (Fsp3) is 0.938. The Morgan fingerprint density at radius 1 is 0.905 bits per heavy atom. The summed E-state index contributed by atoms with van der Waals surface area (Å²) in [6.07, 6.45) is 11.9. The van der Waals surface area contributed by atoms with Crippen LogP contribution in [-0.4, -0.2) is 29.4 Å². The molecule has 0 aliphatic heterocycles. The monoisotopic (exact) mass is 398 g/mol. The minimum atomic E-state index is -0.0360. The van der Waals surface area contributed by atoms with E-state index in [0.717, 1.165) is 30.3 Å². The van der Waals surface area contributed by atoms with Gasteiger partial charge in [0.25, 0.3) is 0 Å². The number of halogens is 1. The van der Waals surface area contributed by atoms with Crippen molar-refractivity contribution >= 4 is 43.5 Å². The largest absolute Gasteiger partial charge is 0.465 e. The normalized spacial score (nSPS) is 10.8. The summed E-state index contributed by atoms with van der Waals surface area (Å²) in [5.74, 6) is 2.09. The van der Waals surface area contributed by atoms with Crippen LogP contribution in [0.3, 0.4) is 0 Å². The van der Waals surface area contributed by atoms with Gasteiger partial charge in [0, 0.05) is 23.3 Å². The van der Waals surface area contributed by atoms with E-state index in [1.54, 1.807) is 0 Å². The molecule has 21 heavy (non-hydrogen) atoms. The minimum absolute atomic E-state index is 0.0360. The standard InChI is InChI=1S/C16H31BrO2S2/c1-2-3-4-5-6-10-14-20-21-15-13-19-16(18)11-8-7-9-12-17/h2-15H2,1H3. The van der Waals surface area contributed by atoms with Crippen molar-refractivity contribution in [1.82, 2.24) is 0 Å². The molecule has 0 heterocycles. The molecule has 0 N–H and O–H groups in total. The second-order valence-corrected chi connectivity index (χ2v) is 8.63. The Hall–Kier alpha value is 0.650. The summed E-state index contributed by atoms with van der Waals surface area (Å²) >= 11 is 3.39. The van der Waals surface area contributed by atoms with Crippen LogP contribution in [0.5, 0.6) is 0 Å². The van der Waals surface area contributed by atoms with Gasteiger partial charge in [0.2, 0.25) is 0 Å². The number of carbonyl (C=O) groups excluding carboxylic acids is 1. The van der Waals surface area contributed by atoms with E-state index >= 15 is 0 Å². The van der Waals surface area contributed by atoms with Crippen molar-refractivity contribution in [2.45, 2.75) is 71.1 Å². The highest BCUT2D eigenvalue weighted by Crippen LogP contribution is 2.22. The van der Waals surface area contributed by atoms with Gasteiger partial charge in [0.15, 0.2) is 0 Å². The molecule has 0 saturated carbocycles. The van der Waals surface area contributed by atoms with Gasteiger partial charge in [-0.05, 0) is 19.3 Å². The maximum Gasteiger partial charge on any atom is 0.305 e. The summed E-state index contributed by atoms with van der Waals surface area (Å²) in [5.41, 5.74) is 0. The van der Waals surface area contributed by atoms with Crippen molar-refractivity contribution in [3.8, 4) is 0 Å². The van der Waals surface area contributed by atoms with E-state index in [1.165, 1.54) is 44.3 Å². The van der Waals surface area contributed by atoms with Crippen molar-refractivity contribution < 1.29 is 9.53 Å². The molecule has 0 saturated heterocycles. The predicted molar refractivity (Wildman–Crippen MR) is 102 cm³/mol. The van der Waals surface area contributed by atoms with E-state index in [0.29, 0.717) is 13.0 Å². The summed E-state index contributed by atoms with van der Waals surface area (Å²) in [5, 5.41) is 1.02. The lowest BCUT2D eigenvalue weighted by Crippen LogP contribution is -2.06. The van der Waals surface area contributed by atoms with Crippen molar-refractivity contribution in [3.05, 3.63) is 0 Å². The molecule has 126 valence electrons. The second kappa shape index (κ2) is 18.7. The molecule has 0 rings (SSSR count). The van der Waals surface area contributed by atoms with Crippen LogP contribution in [0.25, 0.3) is 0 Å². The van der Waals surface area contributed by atoms with Gasteiger partial charge in [0.1, 0.15) is 6.61 Å². The van der Waals surface area contributed by atoms with Gasteiger partial charge in [-0.1, -0.05) is 83.0 Å². The molecule has 0 spiro atoms. The fourth-order valence-electron chi connectivity index (χ4n) is 1.86. The average molecular weight is 399 g/mol. The van der Waals surface area contributed by atoms with Gasteiger partial charge >= 0.3 is 5.97 Å². The van der Waals surface area contributed by atoms with Gasteiger partial charge in [0.05, 0.1) is 0 Å². The van der Waals surface area contributed by atoms with Gasteiger partial charge < -0.3 is 4.74 Å². The van der Waals surface area contributed by atoms with Crippen LogP contribution in [0.1, 0.15) is 71.1 Å². The number of alkyl halides is 1. The topological polar surface area (TPSA) is 26.3 Å². The van der Waals surface area contributed by atoms with Crippen LogP contribution >= 0.6 is 37.5 Å². The van der Waals surface area contributed by atoms with Crippen LogP contribution in [0, 0.1) is 0 Å². The van der Waals surface area contributed by atoms with E-state index in [4.69, 9.17) is 4.74 Å². The summed E-state index contributed by atoms with van der Waals surface area (Å²) in [7, 11) is 3.74. The molecule has 0 radical (unpaired) electrons. The Labute approximate surface area is 147 Å². The lowest BCUT2D eigenvalue weighted by Gasteiger charge is -2.04. The molecule has 0 aromatic heterocycles. The first-order chi connectivity index (χ1) is 10.3. The quantitative estimate of drug-likeness (QED) is 0.133. The number of unbranched alkanes of at least 4 members (excludes halogenated alkanes) is 7. The smallest absolute Gasteiger partial charge is 0.305 e. The number of carbonyl (C=O) groups is 1. The number of ether oxygens (including phenoxy) is 1. The van der Waals surface area contributed by atoms with Crippen molar-refractivity contribution in [1.29, 1.82) is 0 Å². The minimum Gasteiger partial charge on any atom is -0.465 e. The summed E-state index contributed by atoms with van der Waals surface area (Å²) < 4.78 is 5.21. The molecule has 0 fully saturated rings. The van der Waals surface area contributed by atoms with Crippen LogP contribution in [-0.2, 0) is 9.53 Å². The van der Waals surface area contributed by atoms with Crippen molar-refractivity contribution in [2.75, 3.05) is 23.4 Å². The Morgan fingerprint density at radius 3 is 2.33 bits per heavy atom. The van der Waals surface area contributed by atoms with Crippen LogP contribution < -0.4 is 0 Å². The van der Waals surface area contributed by atoms with Crippen molar-refractivity contribution in [3.63, 3.8) is 0 Å². The molecule has 0 unspecified atom stereocenters. The molecule has 0 aliphatic rings. The Balaban J connectivity index is 3.09. The third-order valence-corrected chi connectivity index (χ3v) is 6.12. The number of hydrogen-bond donors (Lipinski definition) is 0. The Bertz CT molecular complexity index is 228. The number of rotatable bonds is 16. The van der Waals surface area contributed by atoms with Crippen molar-refractivity contribution in [2.24, 2.45) is 0 Å². The van der Waals surface area contributed by atoms with E-state index in [1.807, 2.05) is 21.6 Å². The summed E-state index contributed by atoms with van der Waals surface area (Å²) in [6, 6.07) is 0. The third-order valence-electron chi connectivity index (χ3n) is 3.11. The summed E-state index contributed by atoms with van der Waals surface area (Å²) in [6.45, 7) is 2.81. The molecule has 0 aromatic rings. The Morgan fingerprint density at radius 2 is 1.57 bits per heavy atom. The van der Waals surface area contributed by atoms with Crippen LogP contribution in [0.2, 0.25) is 0 Å². The first-order valence-electron chi connectivity index (χ1n) is 8.27. The third kappa shape index (κ3) is 18.6. The summed E-state index contributed by atoms with van der Waals surface area (Å²) in [4.78, 5) is 11.4. The SMILES string of the molecule is CCCCCCCCSSCCOC(=O)CCCCCBr. The number of hydrogen-bond acceptors (Lipinski definition) is 4. The van der Waals surface area contributed by atoms with E-state index < -0.39 is 0 Å². The highest BCUT2D eigenvalue weighted by atomic mass is 79.9. The average Bonchev–Trinajstić information content (AvgIpc) is 2.49. The highest BCUT2D eigenvalue weighted by Gasteiger charge is 2.02. The lowest BCUT2D eigenvalue weighted by molar-refractivity contribution is -0.143. The molecule has 0 amide bonds. The zero-order valence-corrected chi connectivity index (χ0v) is 16.6. The van der Waals surface area contributed by atoms with Gasteiger partial charge in [-0.25, -0.2) is 0 Å². The maximum absolute atomic E-state index is 11.4. The number of esters is 1. The zero-order chi connectivity index (χ0) is 15.6. The zero-order valence-electron chi connectivity index (χ0n) is 13.4. The molecule has 5 heteroatoms. The van der Waals surface area contributed by atoms with E-state index in [2.05, 4.69) is 22.9 Å². The molecule has 0 atom stereocenters. The Kier molecular flexibility index (Phi) is 19.3. The predicted octanol–water partition coefficient (Wildman–Crippen LogP) is 6.23. The molecule has 0 aliphatic carbocycles. The first-order valence-corrected chi connectivity index (χ1v) is 11.9. The van der Waals surface area contributed by atoms with Gasteiger partial charge in [-0.2, -0.15) is 0 Å². The van der Waals surface area contributed by atoms with E-state index in [9.17, 15) is 4.79 Å². The fourth-order valence-corrected chi connectivity index (χ4v) is 4.23. The lowest BCUT2D eigenvalue weighted by atomic mass is 10.1. The molecular formula is C16H31BrO2S2. The highest BCUT2D eigenvalue weighted by molar-refractivity contribution is 9.09. The second-order valence-electron chi connectivity index (χ2n) is 5.13. The molecule has 0 aromatic carbocycles. The van der Waals surface area contributed by atoms with Gasteiger partial charge in [-0.15, -0.1) is 0 Å². The van der Waals surface area contributed by atoms with Crippen LogP contribution in [0.4, 0.5) is 0 Å². The molecule has 0 bridgehead atoms. The van der Waals surface area contributed by atoms with Crippen LogP contribution in [0.15, 0.2) is 0 Å². The molecular weight excluding hydrogens is 368 g/mol. The molecule has 2 nitrogen and oxygen atoms in total. The first kappa shape index (κ1) is 21.6. The maximum atomic E-state index is 11.4. The van der Waals surface area contributed by atoms with E-state index in [-0.39, 0.29) is 5.97 Å².